The van der Waals surface area contributed by atoms with Crippen molar-refractivity contribution in [3.05, 3.63) is 136 Å². The molecule has 0 spiro atoms. The van der Waals surface area contributed by atoms with E-state index < -0.39 is 46.8 Å². The van der Waals surface area contributed by atoms with Crippen LogP contribution in [0.2, 0.25) is 5.02 Å². The predicted octanol–water partition coefficient (Wildman–Crippen LogP) is 6.81. The maximum absolute atomic E-state index is 15.3. The molecule has 4 aromatic carbocycles. The van der Waals surface area contributed by atoms with E-state index in [1.807, 2.05) is 66.7 Å². The largest absolute Gasteiger partial charge is 0.508 e. The van der Waals surface area contributed by atoms with Crippen LogP contribution in [-0.4, -0.2) is 40.2 Å². The predicted molar refractivity (Wildman–Crippen MR) is 187 cm³/mol. The van der Waals surface area contributed by atoms with Crippen molar-refractivity contribution < 1.29 is 29.0 Å². The van der Waals surface area contributed by atoms with E-state index in [9.17, 15) is 19.5 Å². The normalized spacial score (nSPS) is 27.2. The summed E-state index contributed by atoms with van der Waals surface area (Å²) in [5.74, 6) is -4.40. The Morgan fingerprint density at radius 3 is 2.28 bits per heavy atom. The van der Waals surface area contributed by atoms with Crippen LogP contribution in [0.4, 0.5) is 5.69 Å². The molecule has 2 saturated heterocycles. The average molecular weight is 687 g/mol. The van der Waals surface area contributed by atoms with Gasteiger partial charge < -0.3 is 9.84 Å². The van der Waals surface area contributed by atoms with E-state index in [4.69, 9.17) is 16.3 Å². The second-order valence-corrected chi connectivity index (χ2v) is 13.9. The van der Waals surface area contributed by atoms with E-state index >= 15 is 4.79 Å². The Kier molecular flexibility index (Phi) is 7.87. The summed E-state index contributed by atoms with van der Waals surface area (Å²) in [6.07, 6.45) is 2.50. The number of allylic oxidation sites excluding steroid dienone is 2. The van der Waals surface area contributed by atoms with Gasteiger partial charge in [-0.05, 0) is 61.1 Å². The molecule has 9 heteroatoms. The number of fused-ring (bicyclic) bond motifs is 4. The summed E-state index contributed by atoms with van der Waals surface area (Å²) in [5, 5.41) is 12.3. The van der Waals surface area contributed by atoms with E-state index in [1.165, 1.54) is 9.80 Å². The summed E-state index contributed by atoms with van der Waals surface area (Å²) in [6.45, 7) is 2.34. The number of hydrogen-bond donors (Lipinski definition) is 1. The lowest BCUT2D eigenvalue weighted by Gasteiger charge is -2.50. The van der Waals surface area contributed by atoms with Gasteiger partial charge in [-0.3, -0.25) is 24.1 Å². The number of ether oxygens (including phenoxy) is 1. The zero-order chi connectivity index (χ0) is 34.7. The van der Waals surface area contributed by atoms with Crippen LogP contribution >= 0.6 is 11.6 Å². The first-order valence-electron chi connectivity index (χ1n) is 17.0. The Morgan fingerprint density at radius 1 is 0.840 bits per heavy atom. The van der Waals surface area contributed by atoms with Crippen molar-refractivity contribution in [1.82, 2.24) is 4.90 Å². The van der Waals surface area contributed by atoms with E-state index in [1.54, 1.807) is 49.4 Å². The van der Waals surface area contributed by atoms with Gasteiger partial charge in [-0.1, -0.05) is 96.0 Å². The molecular formula is C41H35ClN2O6. The molecule has 6 unspecified atom stereocenters. The maximum atomic E-state index is 15.3. The van der Waals surface area contributed by atoms with Crippen molar-refractivity contribution in [2.45, 2.75) is 37.7 Å². The van der Waals surface area contributed by atoms with Crippen molar-refractivity contribution in [2.24, 2.45) is 23.7 Å². The molecule has 252 valence electrons. The Balaban J connectivity index is 1.32. The number of phenols is 1. The topological polar surface area (TPSA) is 104 Å². The number of carbonyl (C=O) groups is 4. The van der Waals surface area contributed by atoms with Crippen LogP contribution in [0, 0.1) is 23.7 Å². The highest BCUT2D eigenvalue weighted by atomic mass is 35.5. The fraction of sp³-hybridized carbons (Fsp3) is 0.268. The molecule has 50 heavy (non-hydrogen) atoms. The molecule has 4 aromatic rings. The Labute approximate surface area is 294 Å². The minimum absolute atomic E-state index is 0.0937. The van der Waals surface area contributed by atoms with Crippen LogP contribution in [0.25, 0.3) is 0 Å². The second kappa shape index (κ2) is 12.3. The van der Waals surface area contributed by atoms with Gasteiger partial charge in [-0.25, -0.2) is 4.90 Å². The van der Waals surface area contributed by atoms with Crippen LogP contribution in [0.3, 0.4) is 0 Å². The van der Waals surface area contributed by atoms with Crippen LogP contribution in [0.15, 0.2) is 115 Å². The molecule has 4 aliphatic rings. The highest BCUT2D eigenvalue weighted by Crippen LogP contribution is 2.65. The lowest BCUT2D eigenvalue weighted by molar-refractivity contribution is -0.140. The number of nitrogens with zero attached hydrogens (tertiary/aromatic N) is 2. The highest BCUT2D eigenvalue weighted by Gasteiger charge is 2.70. The van der Waals surface area contributed by atoms with Crippen molar-refractivity contribution in [3.8, 4) is 11.5 Å². The van der Waals surface area contributed by atoms with Gasteiger partial charge in [-0.2, -0.15) is 0 Å². The summed E-state index contributed by atoms with van der Waals surface area (Å²) in [4.78, 5) is 60.0. The van der Waals surface area contributed by atoms with E-state index in [0.717, 1.165) is 11.1 Å². The molecule has 2 aliphatic heterocycles. The Bertz CT molecular complexity index is 2070. The maximum Gasteiger partial charge on any atom is 0.246 e. The summed E-state index contributed by atoms with van der Waals surface area (Å²) in [6, 6.07) is 30.7. The zero-order valence-corrected chi connectivity index (χ0v) is 28.1. The van der Waals surface area contributed by atoms with Crippen LogP contribution in [-0.2, 0) is 31.2 Å². The smallest absolute Gasteiger partial charge is 0.246 e. The molecule has 6 atom stereocenters. The number of anilines is 1. The van der Waals surface area contributed by atoms with Gasteiger partial charge in [0.2, 0.25) is 23.6 Å². The molecule has 4 amide bonds. The Hall–Kier alpha value is -5.21. The summed E-state index contributed by atoms with van der Waals surface area (Å²) >= 11 is 6.39. The van der Waals surface area contributed by atoms with E-state index in [2.05, 4.69) is 0 Å². The van der Waals surface area contributed by atoms with Gasteiger partial charge in [0.1, 0.15) is 18.1 Å². The lowest BCUT2D eigenvalue weighted by Crippen LogP contribution is -2.53. The number of likely N-dealkylation sites (tertiary alicyclic amines) is 1. The fourth-order valence-corrected chi connectivity index (χ4v) is 9.25. The fourth-order valence-electron chi connectivity index (χ4n) is 9.06. The molecule has 0 aromatic heterocycles. The molecular weight excluding hydrogens is 652 g/mol. The number of phenolic OH excluding ortho intramolecular Hbond substituents is 1. The van der Waals surface area contributed by atoms with Crippen LogP contribution in [0.1, 0.15) is 42.4 Å². The number of carbonyl (C=O) groups excluding carboxylic acids is 4. The van der Waals surface area contributed by atoms with Crippen molar-refractivity contribution in [2.75, 3.05) is 11.4 Å². The standard InChI is InChI=1S/C41H35ClN2O6/c1-2-43-37(46)31-19-18-29-32(35(31)39(43)48)22-33-38(47)44(27-15-9-14-26(42)20-27)40(49)41(33,25-12-7-4-8-13-25)36(29)30-17-16-28(21-34(30)45)50-23-24-10-5-3-6-11-24/h3-18,20-21,31-33,35-36,45H,2,19,22-23H2,1H3. The van der Waals surface area contributed by atoms with E-state index in [0.29, 0.717) is 40.6 Å². The number of amides is 4. The molecule has 0 bridgehead atoms. The first kappa shape index (κ1) is 32.0. The lowest BCUT2D eigenvalue weighted by atomic mass is 9.49. The number of imide groups is 2. The first-order chi connectivity index (χ1) is 24.2. The number of benzene rings is 4. The molecule has 2 aliphatic carbocycles. The molecule has 1 N–H and O–H groups in total. The summed E-state index contributed by atoms with van der Waals surface area (Å²) in [7, 11) is 0. The van der Waals surface area contributed by atoms with Gasteiger partial charge in [0.25, 0.3) is 0 Å². The first-order valence-corrected chi connectivity index (χ1v) is 17.4. The number of rotatable bonds is 7. The number of hydrogen-bond acceptors (Lipinski definition) is 6. The molecule has 1 saturated carbocycles. The summed E-state index contributed by atoms with van der Waals surface area (Å²) < 4.78 is 6.05. The third kappa shape index (κ3) is 4.72. The molecule has 8 nitrogen and oxygen atoms in total. The third-order valence-corrected chi connectivity index (χ3v) is 11.4. The number of aromatic hydroxyl groups is 1. The van der Waals surface area contributed by atoms with Crippen LogP contribution in [0.5, 0.6) is 11.5 Å². The summed E-state index contributed by atoms with van der Waals surface area (Å²) in [5.41, 5.74) is 1.70. The van der Waals surface area contributed by atoms with Crippen molar-refractivity contribution in [1.29, 1.82) is 0 Å². The molecule has 2 heterocycles. The average Bonchev–Trinajstić information content (AvgIpc) is 3.52. The van der Waals surface area contributed by atoms with Gasteiger partial charge in [0.15, 0.2) is 0 Å². The van der Waals surface area contributed by atoms with Gasteiger partial charge >= 0.3 is 0 Å². The minimum Gasteiger partial charge on any atom is -0.508 e. The SMILES string of the molecule is CCN1C(=O)C2CC=C3C(CC4C(=O)N(c5cccc(Cl)c5)C(=O)C4(c4ccccc4)C3c3ccc(OCc4ccccc4)cc3O)C2C1=O. The molecule has 8 rings (SSSR count). The zero-order valence-electron chi connectivity index (χ0n) is 27.4. The molecule has 0 radical (unpaired) electrons. The Morgan fingerprint density at radius 2 is 1.58 bits per heavy atom. The van der Waals surface area contributed by atoms with E-state index in [-0.39, 0.29) is 30.5 Å². The quantitative estimate of drug-likeness (QED) is 0.169. The van der Waals surface area contributed by atoms with Crippen LogP contribution < -0.4 is 9.64 Å². The highest BCUT2D eigenvalue weighted by molar-refractivity contribution is 6.32. The van der Waals surface area contributed by atoms with Crippen molar-refractivity contribution >= 4 is 40.9 Å². The van der Waals surface area contributed by atoms with Gasteiger partial charge in [-0.15, -0.1) is 0 Å². The van der Waals surface area contributed by atoms with Crippen molar-refractivity contribution in [3.63, 3.8) is 0 Å². The molecule has 3 fully saturated rings. The number of halogens is 1. The monoisotopic (exact) mass is 686 g/mol. The van der Waals surface area contributed by atoms with Gasteiger partial charge in [0, 0.05) is 29.1 Å². The second-order valence-electron chi connectivity index (χ2n) is 13.5. The third-order valence-electron chi connectivity index (χ3n) is 11.1. The van der Waals surface area contributed by atoms with Gasteiger partial charge in [0.05, 0.1) is 28.9 Å². The minimum atomic E-state index is -1.48.